The molecule has 1 amide bonds. The van der Waals surface area contributed by atoms with Crippen LogP contribution in [0.5, 0.6) is 0 Å². The maximum absolute atomic E-state index is 12.2. The molecule has 0 aliphatic carbocycles. The van der Waals surface area contributed by atoms with Gasteiger partial charge in [0.15, 0.2) is 0 Å². The molecule has 5 heteroatoms. The molecule has 0 bridgehead atoms. The molecule has 110 valence electrons. The molecule has 5 nitrogen and oxygen atoms in total. The Hall–Kier alpha value is -2.43. The highest BCUT2D eigenvalue weighted by atomic mass is 16.1. The molecule has 1 atom stereocenters. The second-order valence-electron chi connectivity index (χ2n) is 4.93. The number of benzene rings is 1. The molecule has 0 aliphatic rings. The van der Waals surface area contributed by atoms with E-state index in [1.807, 2.05) is 45.0 Å². The average molecular weight is 284 g/mol. The Morgan fingerprint density at radius 1 is 1.24 bits per heavy atom. The summed E-state index contributed by atoms with van der Waals surface area (Å²) in [6.07, 6.45) is 3.07. The van der Waals surface area contributed by atoms with Crippen LogP contribution in [-0.2, 0) is 0 Å². The van der Waals surface area contributed by atoms with Gasteiger partial charge in [-0.3, -0.25) is 9.78 Å². The minimum absolute atomic E-state index is 0.0808. The second kappa shape index (κ2) is 6.83. The molecule has 2 rings (SSSR count). The lowest BCUT2D eigenvalue weighted by molar-refractivity contribution is 0.0934. The van der Waals surface area contributed by atoms with Gasteiger partial charge in [0.25, 0.3) is 5.91 Å². The summed E-state index contributed by atoms with van der Waals surface area (Å²) in [7, 11) is 0. The third-order valence-electron chi connectivity index (χ3n) is 3.15. The first-order valence-electron chi connectivity index (χ1n) is 7.03. The van der Waals surface area contributed by atoms with Gasteiger partial charge in [0.2, 0.25) is 0 Å². The van der Waals surface area contributed by atoms with Crippen molar-refractivity contribution >= 4 is 11.7 Å². The van der Waals surface area contributed by atoms with E-state index < -0.39 is 0 Å². The maximum Gasteiger partial charge on any atom is 0.272 e. The molecule has 0 aliphatic heterocycles. The van der Waals surface area contributed by atoms with Gasteiger partial charge in [-0.15, -0.1) is 0 Å². The fraction of sp³-hybridized carbons (Fsp3) is 0.312. The SMILES string of the molecule is CCNc1cncc(C(=O)NC(C)c2ccc(C)cc2)n1. The number of carbonyl (C=O) groups excluding carboxylic acids is 1. The molecule has 0 spiro atoms. The van der Waals surface area contributed by atoms with E-state index in [9.17, 15) is 4.79 Å². The number of carbonyl (C=O) groups is 1. The van der Waals surface area contributed by atoms with Gasteiger partial charge in [0, 0.05) is 6.54 Å². The zero-order chi connectivity index (χ0) is 15.2. The number of rotatable bonds is 5. The maximum atomic E-state index is 12.2. The van der Waals surface area contributed by atoms with Gasteiger partial charge in [-0.25, -0.2) is 4.98 Å². The standard InChI is InChI=1S/C16H20N4O/c1-4-18-15-10-17-9-14(20-15)16(21)19-12(3)13-7-5-11(2)6-8-13/h5-10,12H,4H2,1-3H3,(H,18,20)(H,19,21). The fourth-order valence-corrected chi connectivity index (χ4v) is 1.95. The topological polar surface area (TPSA) is 66.9 Å². The first kappa shape index (κ1) is 15.0. The molecular weight excluding hydrogens is 264 g/mol. The highest BCUT2D eigenvalue weighted by molar-refractivity contribution is 5.92. The molecule has 21 heavy (non-hydrogen) atoms. The Kier molecular flexibility index (Phi) is 4.87. The third kappa shape index (κ3) is 4.02. The number of nitrogens with one attached hydrogen (secondary N) is 2. The summed E-state index contributed by atoms with van der Waals surface area (Å²) in [5, 5.41) is 5.97. The van der Waals surface area contributed by atoms with E-state index in [1.165, 1.54) is 11.8 Å². The minimum Gasteiger partial charge on any atom is -0.369 e. The monoisotopic (exact) mass is 284 g/mol. The predicted octanol–water partition coefficient (Wildman–Crippen LogP) is 2.71. The molecule has 2 aromatic rings. The van der Waals surface area contributed by atoms with Gasteiger partial charge >= 0.3 is 0 Å². The highest BCUT2D eigenvalue weighted by Crippen LogP contribution is 2.13. The van der Waals surface area contributed by atoms with Gasteiger partial charge < -0.3 is 10.6 Å². The van der Waals surface area contributed by atoms with Crippen molar-refractivity contribution in [2.45, 2.75) is 26.8 Å². The lowest BCUT2D eigenvalue weighted by atomic mass is 10.1. The van der Waals surface area contributed by atoms with E-state index in [-0.39, 0.29) is 11.9 Å². The Balaban J connectivity index is 2.06. The van der Waals surface area contributed by atoms with Crippen LogP contribution in [0.1, 0.15) is 41.5 Å². The summed E-state index contributed by atoms with van der Waals surface area (Å²) in [4.78, 5) is 20.5. The summed E-state index contributed by atoms with van der Waals surface area (Å²) in [6, 6.07) is 8.01. The number of amides is 1. The molecule has 2 N–H and O–H groups in total. The van der Waals surface area contributed by atoms with Crippen molar-refractivity contribution < 1.29 is 4.79 Å². The van der Waals surface area contributed by atoms with Crippen LogP contribution in [-0.4, -0.2) is 22.4 Å². The molecule has 0 saturated carbocycles. The number of aromatic nitrogens is 2. The molecule has 1 heterocycles. The van der Waals surface area contributed by atoms with Crippen molar-refractivity contribution in [3.63, 3.8) is 0 Å². The van der Waals surface area contributed by atoms with Crippen molar-refractivity contribution in [3.05, 3.63) is 53.5 Å². The Morgan fingerprint density at radius 2 is 1.95 bits per heavy atom. The van der Waals surface area contributed by atoms with E-state index in [1.54, 1.807) is 6.20 Å². The van der Waals surface area contributed by atoms with Gasteiger partial charge in [0.1, 0.15) is 11.5 Å². The van der Waals surface area contributed by atoms with Crippen molar-refractivity contribution in [1.29, 1.82) is 0 Å². The normalized spacial score (nSPS) is 11.8. The molecule has 1 aromatic heterocycles. The van der Waals surface area contributed by atoms with Crippen molar-refractivity contribution in [2.75, 3.05) is 11.9 Å². The summed E-state index contributed by atoms with van der Waals surface area (Å²) in [5.41, 5.74) is 2.57. The van der Waals surface area contributed by atoms with Gasteiger partial charge in [-0.1, -0.05) is 29.8 Å². The number of hydrogen-bond acceptors (Lipinski definition) is 4. The van der Waals surface area contributed by atoms with E-state index in [0.29, 0.717) is 11.5 Å². The molecule has 0 radical (unpaired) electrons. The van der Waals surface area contributed by atoms with Crippen LogP contribution in [0.4, 0.5) is 5.82 Å². The van der Waals surface area contributed by atoms with Crippen LogP contribution in [0.15, 0.2) is 36.7 Å². The largest absolute Gasteiger partial charge is 0.369 e. The summed E-state index contributed by atoms with van der Waals surface area (Å²) in [5.74, 6) is 0.378. The molecule has 0 fully saturated rings. The van der Waals surface area contributed by atoms with Gasteiger partial charge in [0.05, 0.1) is 18.4 Å². The lowest BCUT2D eigenvalue weighted by Crippen LogP contribution is -2.27. The van der Waals surface area contributed by atoms with Gasteiger partial charge in [-0.2, -0.15) is 0 Å². The lowest BCUT2D eigenvalue weighted by Gasteiger charge is -2.14. The van der Waals surface area contributed by atoms with Crippen molar-refractivity contribution in [2.24, 2.45) is 0 Å². The number of nitrogens with zero attached hydrogens (tertiary/aromatic N) is 2. The van der Waals surface area contributed by atoms with E-state index in [0.717, 1.165) is 12.1 Å². The van der Waals surface area contributed by atoms with Crippen LogP contribution in [0, 0.1) is 6.92 Å². The summed E-state index contributed by atoms with van der Waals surface area (Å²) in [6.45, 7) is 6.69. The fourth-order valence-electron chi connectivity index (χ4n) is 1.95. The number of aryl methyl sites for hydroxylation is 1. The first-order valence-corrected chi connectivity index (χ1v) is 7.03. The number of hydrogen-bond donors (Lipinski definition) is 2. The van der Waals surface area contributed by atoms with Gasteiger partial charge in [-0.05, 0) is 26.3 Å². The predicted molar refractivity (Wildman–Crippen MR) is 83.3 cm³/mol. The summed E-state index contributed by atoms with van der Waals surface area (Å²) >= 11 is 0. The third-order valence-corrected chi connectivity index (χ3v) is 3.15. The molecule has 1 unspecified atom stereocenters. The zero-order valence-corrected chi connectivity index (χ0v) is 12.6. The Bertz CT molecular complexity index is 610. The zero-order valence-electron chi connectivity index (χ0n) is 12.6. The number of anilines is 1. The van der Waals surface area contributed by atoms with Crippen molar-refractivity contribution in [1.82, 2.24) is 15.3 Å². The minimum atomic E-state index is -0.227. The first-order chi connectivity index (χ1) is 10.1. The van der Waals surface area contributed by atoms with Crippen LogP contribution < -0.4 is 10.6 Å². The Labute approximate surface area is 124 Å². The van der Waals surface area contributed by atoms with Crippen LogP contribution >= 0.6 is 0 Å². The van der Waals surface area contributed by atoms with E-state index in [4.69, 9.17) is 0 Å². The molecule has 1 aromatic carbocycles. The molecular formula is C16H20N4O. The quantitative estimate of drug-likeness (QED) is 0.886. The Morgan fingerprint density at radius 3 is 2.62 bits per heavy atom. The van der Waals surface area contributed by atoms with Crippen molar-refractivity contribution in [3.8, 4) is 0 Å². The van der Waals surface area contributed by atoms with Crippen LogP contribution in [0.3, 0.4) is 0 Å². The smallest absolute Gasteiger partial charge is 0.272 e. The second-order valence-corrected chi connectivity index (χ2v) is 4.93. The van der Waals surface area contributed by atoms with E-state index >= 15 is 0 Å². The van der Waals surface area contributed by atoms with Crippen LogP contribution in [0.25, 0.3) is 0 Å². The van der Waals surface area contributed by atoms with Crippen LogP contribution in [0.2, 0.25) is 0 Å². The summed E-state index contributed by atoms with van der Waals surface area (Å²) < 4.78 is 0. The highest BCUT2D eigenvalue weighted by Gasteiger charge is 2.13. The molecule has 0 saturated heterocycles. The van der Waals surface area contributed by atoms with E-state index in [2.05, 4.69) is 20.6 Å². The average Bonchev–Trinajstić information content (AvgIpc) is 2.48.